The Morgan fingerprint density at radius 1 is 1.71 bits per heavy atom. The minimum Gasteiger partial charge on any atom is -0.352 e. The monoisotopic (exact) mass is 234 g/mol. The summed E-state index contributed by atoms with van der Waals surface area (Å²) in [6.07, 6.45) is 8.07. The molecule has 0 amide bonds. The summed E-state index contributed by atoms with van der Waals surface area (Å²) in [6.45, 7) is 0.558. The number of allylic oxidation sites excluding steroid dienone is 2. The third-order valence-corrected chi connectivity index (χ3v) is 2.07. The average molecular weight is 235 g/mol. The van der Waals surface area contributed by atoms with Crippen LogP contribution < -0.4 is 0 Å². The van der Waals surface area contributed by atoms with Gasteiger partial charge in [0.05, 0.1) is 6.61 Å². The topological polar surface area (TPSA) is 18.5 Å². The zero-order chi connectivity index (χ0) is 10.4. The van der Waals surface area contributed by atoms with Gasteiger partial charge in [-0.1, -0.05) is 41.4 Å². The molecule has 0 spiro atoms. The van der Waals surface area contributed by atoms with Gasteiger partial charge in [-0.2, -0.15) is 0 Å². The molecule has 4 heteroatoms. The van der Waals surface area contributed by atoms with Crippen LogP contribution in [0.4, 0.5) is 0 Å². The molecule has 0 aromatic carbocycles. The standard InChI is InChI=1S/C10H12Cl2O2/c1-13-10-6-5-8(7-14-10)3-2-4-9(11)12/h3-6,10H,2,7H2,1H3/b8-3+. The molecular formula is C10H12Cl2O2. The summed E-state index contributed by atoms with van der Waals surface area (Å²) < 4.78 is 10.6. The summed E-state index contributed by atoms with van der Waals surface area (Å²) >= 11 is 10.9. The molecule has 78 valence electrons. The fraction of sp³-hybridized carbons (Fsp3) is 0.400. The van der Waals surface area contributed by atoms with Crippen LogP contribution in [0.3, 0.4) is 0 Å². The molecule has 0 aromatic heterocycles. The highest BCUT2D eigenvalue weighted by atomic mass is 35.5. The van der Waals surface area contributed by atoms with Gasteiger partial charge in [-0.25, -0.2) is 0 Å². The maximum atomic E-state index is 5.47. The van der Waals surface area contributed by atoms with Crippen molar-refractivity contribution in [1.82, 2.24) is 0 Å². The van der Waals surface area contributed by atoms with Crippen LogP contribution in [-0.4, -0.2) is 20.0 Å². The van der Waals surface area contributed by atoms with Crippen molar-refractivity contribution in [3.8, 4) is 0 Å². The second kappa shape index (κ2) is 6.25. The number of halogens is 2. The molecule has 0 aromatic rings. The van der Waals surface area contributed by atoms with E-state index in [9.17, 15) is 0 Å². The van der Waals surface area contributed by atoms with E-state index in [-0.39, 0.29) is 10.8 Å². The minimum atomic E-state index is -0.223. The summed E-state index contributed by atoms with van der Waals surface area (Å²) in [5.74, 6) is 0. The lowest BCUT2D eigenvalue weighted by atomic mass is 10.2. The van der Waals surface area contributed by atoms with E-state index in [0.29, 0.717) is 13.0 Å². The van der Waals surface area contributed by atoms with Crippen LogP contribution >= 0.6 is 23.2 Å². The molecule has 0 radical (unpaired) electrons. The van der Waals surface area contributed by atoms with E-state index < -0.39 is 0 Å². The number of rotatable bonds is 3. The molecular weight excluding hydrogens is 223 g/mol. The van der Waals surface area contributed by atoms with E-state index in [0.717, 1.165) is 5.57 Å². The van der Waals surface area contributed by atoms with E-state index in [2.05, 4.69) is 0 Å². The van der Waals surface area contributed by atoms with Gasteiger partial charge in [-0.05, 0) is 18.1 Å². The first-order chi connectivity index (χ1) is 6.72. The molecule has 1 unspecified atom stereocenters. The van der Waals surface area contributed by atoms with Crippen molar-refractivity contribution in [2.45, 2.75) is 12.7 Å². The predicted octanol–water partition coefficient (Wildman–Crippen LogP) is 3.18. The second-order valence-electron chi connectivity index (χ2n) is 2.78. The second-order valence-corrected chi connectivity index (χ2v) is 3.79. The third kappa shape index (κ3) is 4.29. The molecule has 1 atom stereocenters. The third-order valence-electron chi connectivity index (χ3n) is 1.77. The molecule has 0 saturated carbocycles. The Hall–Kier alpha value is -0.280. The van der Waals surface area contributed by atoms with Crippen molar-refractivity contribution < 1.29 is 9.47 Å². The molecule has 1 heterocycles. The summed E-state index contributed by atoms with van der Waals surface area (Å²) in [4.78, 5) is 0. The van der Waals surface area contributed by atoms with Gasteiger partial charge in [-0.15, -0.1) is 0 Å². The maximum absolute atomic E-state index is 5.47. The summed E-state index contributed by atoms with van der Waals surface area (Å²) in [6, 6.07) is 0. The Morgan fingerprint density at radius 2 is 2.50 bits per heavy atom. The van der Waals surface area contributed by atoms with Crippen molar-refractivity contribution in [1.29, 1.82) is 0 Å². The Kier molecular flexibility index (Phi) is 5.26. The zero-order valence-corrected chi connectivity index (χ0v) is 9.39. The molecule has 1 rings (SSSR count). The fourth-order valence-corrected chi connectivity index (χ4v) is 1.24. The lowest BCUT2D eigenvalue weighted by molar-refractivity contribution is -0.0860. The van der Waals surface area contributed by atoms with Gasteiger partial charge in [0.25, 0.3) is 0 Å². The van der Waals surface area contributed by atoms with Crippen LogP contribution in [0, 0.1) is 0 Å². The Morgan fingerprint density at radius 3 is 3.00 bits per heavy atom. The Bertz CT molecular complexity index is 265. The SMILES string of the molecule is COC1C=C/C(=C\CC=C(Cl)Cl)CO1. The van der Waals surface area contributed by atoms with E-state index in [1.54, 1.807) is 13.2 Å². The number of ether oxygens (including phenoxy) is 2. The zero-order valence-electron chi connectivity index (χ0n) is 7.87. The molecule has 1 aliphatic rings. The van der Waals surface area contributed by atoms with Crippen molar-refractivity contribution >= 4 is 23.2 Å². The van der Waals surface area contributed by atoms with Gasteiger partial charge < -0.3 is 9.47 Å². The van der Waals surface area contributed by atoms with E-state index in [1.807, 2.05) is 18.2 Å². The van der Waals surface area contributed by atoms with Crippen molar-refractivity contribution in [3.05, 3.63) is 34.4 Å². The Balaban J connectivity index is 2.44. The molecule has 0 saturated heterocycles. The molecule has 14 heavy (non-hydrogen) atoms. The molecule has 0 aliphatic carbocycles. The van der Waals surface area contributed by atoms with Gasteiger partial charge in [0.1, 0.15) is 4.49 Å². The highest BCUT2D eigenvalue weighted by Gasteiger charge is 2.08. The lowest BCUT2D eigenvalue weighted by Crippen LogP contribution is -2.17. The molecule has 0 bridgehead atoms. The first-order valence-electron chi connectivity index (χ1n) is 4.25. The van der Waals surface area contributed by atoms with Gasteiger partial charge in [0.2, 0.25) is 0 Å². The van der Waals surface area contributed by atoms with Crippen LogP contribution in [0.15, 0.2) is 34.4 Å². The van der Waals surface area contributed by atoms with E-state index in [4.69, 9.17) is 32.7 Å². The number of methoxy groups -OCH3 is 1. The predicted molar refractivity (Wildman–Crippen MR) is 58.4 cm³/mol. The highest BCUT2D eigenvalue weighted by molar-refractivity contribution is 6.55. The fourth-order valence-electron chi connectivity index (χ4n) is 1.06. The molecule has 0 N–H and O–H groups in total. The van der Waals surface area contributed by atoms with E-state index in [1.165, 1.54) is 0 Å². The lowest BCUT2D eigenvalue weighted by Gasteiger charge is -2.17. The van der Waals surface area contributed by atoms with Crippen LogP contribution in [0.2, 0.25) is 0 Å². The minimum absolute atomic E-state index is 0.223. The number of hydrogen-bond donors (Lipinski definition) is 0. The van der Waals surface area contributed by atoms with Crippen LogP contribution in [0.1, 0.15) is 6.42 Å². The van der Waals surface area contributed by atoms with E-state index >= 15 is 0 Å². The molecule has 2 nitrogen and oxygen atoms in total. The smallest absolute Gasteiger partial charge is 0.177 e. The van der Waals surface area contributed by atoms with Crippen molar-refractivity contribution in [3.63, 3.8) is 0 Å². The summed E-state index contributed by atoms with van der Waals surface area (Å²) in [5, 5.41) is 0. The highest BCUT2D eigenvalue weighted by Crippen LogP contribution is 2.13. The normalized spacial score (nSPS) is 23.9. The van der Waals surface area contributed by atoms with Crippen molar-refractivity contribution in [2.75, 3.05) is 13.7 Å². The first-order valence-corrected chi connectivity index (χ1v) is 5.00. The van der Waals surface area contributed by atoms with Crippen LogP contribution in [0.25, 0.3) is 0 Å². The maximum Gasteiger partial charge on any atom is 0.177 e. The average Bonchev–Trinajstić information content (AvgIpc) is 2.18. The summed E-state index contributed by atoms with van der Waals surface area (Å²) in [5.41, 5.74) is 1.10. The van der Waals surface area contributed by atoms with Gasteiger partial charge in [0.15, 0.2) is 6.29 Å². The molecule has 1 aliphatic heterocycles. The van der Waals surface area contributed by atoms with Gasteiger partial charge >= 0.3 is 0 Å². The number of hydrogen-bond acceptors (Lipinski definition) is 2. The largest absolute Gasteiger partial charge is 0.352 e. The van der Waals surface area contributed by atoms with Crippen molar-refractivity contribution in [2.24, 2.45) is 0 Å². The van der Waals surface area contributed by atoms with Gasteiger partial charge in [-0.3, -0.25) is 0 Å². The Labute approximate surface area is 93.8 Å². The summed E-state index contributed by atoms with van der Waals surface area (Å²) in [7, 11) is 1.61. The van der Waals surface area contributed by atoms with Crippen LogP contribution in [-0.2, 0) is 9.47 Å². The quantitative estimate of drug-likeness (QED) is 0.747. The van der Waals surface area contributed by atoms with Crippen LogP contribution in [0.5, 0.6) is 0 Å². The molecule has 0 fully saturated rings. The first kappa shape index (κ1) is 11.8. The van der Waals surface area contributed by atoms with Gasteiger partial charge in [0, 0.05) is 7.11 Å².